The predicted molar refractivity (Wildman–Crippen MR) is 88.6 cm³/mol. The Kier molecular flexibility index (Phi) is 4.35. The molecule has 1 fully saturated rings. The molecule has 0 unspecified atom stereocenters. The van der Waals surface area contributed by atoms with Gasteiger partial charge >= 0.3 is 5.97 Å². The first kappa shape index (κ1) is 16.8. The maximum Gasteiger partial charge on any atom is 0.323 e. The van der Waals surface area contributed by atoms with Crippen molar-refractivity contribution in [3.8, 4) is 5.75 Å². The normalized spacial score (nSPS) is 13.6. The van der Waals surface area contributed by atoms with Crippen molar-refractivity contribution in [2.24, 2.45) is 5.92 Å². The van der Waals surface area contributed by atoms with Gasteiger partial charge in [-0.25, -0.2) is 0 Å². The van der Waals surface area contributed by atoms with Crippen molar-refractivity contribution in [2.75, 3.05) is 20.2 Å². The van der Waals surface area contributed by atoms with Gasteiger partial charge in [-0.3, -0.25) is 14.4 Å². The minimum atomic E-state index is -1.22. The monoisotopic (exact) mass is 346 g/mol. The molecule has 0 aliphatic heterocycles. The van der Waals surface area contributed by atoms with E-state index in [4.69, 9.17) is 9.94 Å². The van der Waals surface area contributed by atoms with Gasteiger partial charge in [0.05, 0.1) is 5.52 Å². The number of likely N-dealkylation sites (N-methyl/N-ethyl adjacent to an activating group) is 1. The van der Waals surface area contributed by atoms with Gasteiger partial charge in [0.25, 0.3) is 11.5 Å². The Morgan fingerprint density at radius 3 is 2.64 bits per heavy atom. The van der Waals surface area contributed by atoms with Crippen molar-refractivity contribution in [3.05, 3.63) is 40.2 Å². The van der Waals surface area contributed by atoms with Crippen LogP contribution in [0.2, 0.25) is 0 Å². The van der Waals surface area contributed by atoms with Crippen molar-refractivity contribution < 1.29 is 24.6 Å². The van der Waals surface area contributed by atoms with Crippen LogP contribution in [-0.4, -0.2) is 51.9 Å². The highest BCUT2D eigenvalue weighted by atomic mass is 16.7. The quantitative estimate of drug-likeness (QED) is 0.797. The SMILES string of the molecule is CN(CC(=O)O)C(=O)c1c(O)c2ccccc2n(OCC2CC2)c1=O. The maximum absolute atomic E-state index is 12.8. The van der Waals surface area contributed by atoms with Gasteiger partial charge < -0.3 is 20.0 Å². The maximum atomic E-state index is 12.8. The molecule has 8 heteroatoms. The highest BCUT2D eigenvalue weighted by molar-refractivity contribution is 6.02. The summed E-state index contributed by atoms with van der Waals surface area (Å²) < 4.78 is 1.01. The lowest BCUT2D eigenvalue weighted by atomic mass is 10.1. The van der Waals surface area contributed by atoms with Gasteiger partial charge in [-0.05, 0) is 30.9 Å². The molecule has 1 aliphatic carbocycles. The molecule has 0 saturated heterocycles. The summed E-state index contributed by atoms with van der Waals surface area (Å²) in [6.07, 6.45) is 2.05. The molecular weight excluding hydrogens is 328 g/mol. The Hall–Kier alpha value is -3.03. The molecule has 1 saturated carbocycles. The van der Waals surface area contributed by atoms with Crippen LogP contribution in [0.3, 0.4) is 0 Å². The van der Waals surface area contributed by atoms with Gasteiger partial charge in [0.1, 0.15) is 18.9 Å². The largest absolute Gasteiger partial charge is 0.506 e. The Bertz CT molecular complexity index is 900. The molecule has 25 heavy (non-hydrogen) atoms. The highest BCUT2D eigenvalue weighted by Gasteiger charge is 2.28. The van der Waals surface area contributed by atoms with E-state index < -0.39 is 35.3 Å². The molecule has 0 spiro atoms. The molecule has 0 bridgehead atoms. The van der Waals surface area contributed by atoms with E-state index in [1.54, 1.807) is 24.3 Å². The van der Waals surface area contributed by atoms with Gasteiger partial charge in [-0.15, -0.1) is 4.73 Å². The molecule has 1 aromatic heterocycles. The number of rotatable bonds is 6. The predicted octanol–water partition coefficient (Wildman–Crippen LogP) is 0.702. The van der Waals surface area contributed by atoms with Gasteiger partial charge in [0, 0.05) is 12.4 Å². The number of carbonyl (C=O) groups excluding carboxylic acids is 1. The van der Waals surface area contributed by atoms with E-state index in [1.165, 1.54) is 7.05 Å². The van der Waals surface area contributed by atoms with E-state index in [1.807, 2.05) is 0 Å². The van der Waals surface area contributed by atoms with E-state index in [2.05, 4.69) is 0 Å². The Morgan fingerprint density at radius 2 is 2.00 bits per heavy atom. The van der Waals surface area contributed by atoms with E-state index in [-0.39, 0.29) is 5.39 Å². The zero-order valence-corrected chi connectivity index (χ0v) is 13.6. The lowest BCUT2D eigenvalue weighted by molar-refractivity contribution is -0.137. The van der Waals surface area contributed by atoms with Crippen LogP contribution in [0.15, 0.2) is 29.1 Å². The summed E-state index contributed by atoms with van der Waals surface area (Å²) in [4.78, 5) is 42.5. The highest BCUT2D eigenvalue weighted by Crippen LogP contribution is 2.29. The van der Waals surface area contributed by atoms with Crippen molar-refractivity contribution in [2.45, 2.75) is 12.8 Å². The number of carboxylic acids is 1. The van der Waals surface area contributed by atoms with Crippen LogP contribution in [-0.2, 0) is 4.79 Å². The summed E-state index contributed by atoms with van der Waals surface area (Å²) in [7, 11) is 1.25. The first-order valence-corrected chi connectivity index (χ1v) is 7.87. The molecule has 0 radical (unpaired) electrons. The van der Waals surface area contributed by atoms with Crippen molar-refractivity contribution >= 4 is 22.8 Å². The van der Waals surface area contributed by atoms with Crippen LogP contribution < -0.4 is 10.4 Å². The molecule has 3 rings (SSSR count). The lowest BCUT2D eigenvalue weighted by Crippen LogP contribution is -2.39. The minimum Gasteiger partial charge on any atom is -0.506 e. The third kappa shape index (κ3) is 3.28. The van der Waals surface area contributed by atoms with E-state index in [0.29, 0.717) is 18.0 Å². The summed E-state index contributed by atoms with van der Waals surface area (Å²) in [5.74, 6) is -2.19. The number of amides is 1. The lowest BCUT2D eigenvalue weighted by Gasteiger charge is -2.18. The molecular formula is C17H18N2O6. The zero-order valence-electron chi connectivity index (χ0n) is 13.6. The third-order valence-electron chi connectivity index (χ3n) is 4.08. The van der Waals surface area contributed by atoms with Crippen molar-refractivity contribution in [3.63, 3.8) is 0 Å². The zero-order chi connectivity index (χ0) is 18.1. The first-order valence-electron chi connectivity index (χ1n) is 7.87. The van der Waals surface area contributed by atoms with Crippen molar-refractivity contribution in [1.82, 2.24) is 9.63 Å². The summed E-state index contributed by atoms with van der Waals surface area (Å²) in [6, 6.07) is 6.52. The average molecular weight is 346 g/mol. The van der Waals surface area contributed by atoms with E-state index in [9.17, 15) is 19.5 Å². The molecule has 8 nitrogen and oxygen atoms in total. The second kappa shape index (κ2) is 6.46. The smallest absolute Gasteiger partial charge is 0.323 e. The number of pyridine rings is 1. The molecule has 2 N–H and O–H groups in total. The van der Waals surface area contributed by atoms with Crippen LogP contribution >= 0.6 is 0 Å². The number of aliphatic carboxylic acids is 1. The Labute approximate surface area is 142 Å². The van der Waals surface area contributed by atoms with Gasteiger partial charge in [0.15, 0.2) is 5.56 Å². The average Bonchev–Trinajstić information content (AvgIpc) is 3.38. The van der Waals surface area contributed by atoms with Gasteiger partial charge in [-0.2, -0.15) is 0 Å². The number of fused-ring (bicyclic) bond motifs is 1. The summed E-state index contributed by atoms with van der Waals surface area (Å²) in [5.41, 5.74) is -0.958. The number of nitrogens with zero attached hydrogens (tertiary/aromatic N) is 2. The summed E-state index contributed by atoms with van der Waals surface area (Å²) >= 11 is 0. The Morgan fingerprint density at radius 1 is 1.32 bits per heavy atom. The number of para-hydroxylation sites is 1. The number of aromatic hydroxyl groups is 1. The van der Waals surface area contributed by atoms with Gasteiger partial charge in [0.2, 0.25) is 0 Å². The topological polar surface area (TPSA) is 109 Å². The standard InChI is InChI=1S/C17H18N2O6/c1-18(8-13(20)21)16(23)14-15(22)11-4-2-3-5-12(11)19(17(14)24)25-9-10-6-7-10/h2-5,10,22H,6-9H2,1H3,(H,20,21). The van der Waals surface area contributed by atoms with Crippen LogP contribution in [0.4, 0.5) is 0 Å². The van der Waals surface area contributed by atoms with Crippen LogP contribution in [0.25, 0.3) is 10.9 Å². The number of aromatic nitrogens is 1. The Balaban J connectivity index is 2.12. The van der Waals surface area contributed by atoms with Crippen LogP contribution in [0, 0.1) is 5.92 Å². The molecule has 0 atom stereocenters. The molecule has 1 amide bonds. The number of benzene rings is 1. The van der Waals surface area contributed by atoms with Crippen molar-refractivity contribution in [1.29, 1.82) is 0 Å². The number of hydrogen-bond donors (Lipinski definition) is 2. The summed E-state index contributed by atoms with van der Waals surface area (Å²) in [6.45, 7) is -0.249. The van der Waals surface area contributed by atoms with E-state index >= 15 is 0 Å². The van der Waals surface area contributed by atoms with Crippen LogP contribution in [0.5, 0.6) is 5.75 Å². The van der Waals surface area contributed by atoms with Gasteiger partial charge in [-0.1, -0.05) is 12.1 Å². The number of hydrogen-bond acceptors (Lipinski definition) is 5. The number of carbonyl (C=O) groups is 2. The third-order valence-corrected chi connectivity index (χ3v) is 4.08. The minimum absolute atomic E-state index is 0.282. The fraction of sp³-hybridized carbons (Fsp3) is 0.353. The second-order valence-corrected chi connectivity index (χ2v) is 6.13. The molecule has 1 heterocycles. The summed E-state index contributed by atoms with van der Waals surface area (Å²) in [5, 5.41) is 19.5. The first-order chi connectivity index (χ1) is 11.9. The second-order valence-electron chi connectivity index (χ2n) is 6.13. The molecule has 1 aromatic carbocycles. The fourth-order valence-electron chi connectivity index (χ4n) is 2.55. The molecule has 1 aliphatic rings. The van der Waals surface area contributed by atoms with E-state index in [0.717, 1.165) is 22.5 Å². The fourth-order valence-corrected chi connectivity index (χ4v) is 2.55. The molecule has 132 valence electrons. The number of carboxylic acid groups (broad SMARTS) is 1. The van der Waals surface area contributed by atoms with Crippen LogP contribution in [0.1, 0.15) is 23.2 Å². The molecule has 2 aromatic rings.